The van der Waals surface area contributed by atoms with Crippen LogP contribution in [0.2, 0.25) is 5.15 Å². The number of hydrogen-bond acceptors (Lipinski definition) is 3. The topological polar surface area (TPSA) is 43.1 Å². The van der Waals surface area contributed by atoms with E-state index < -0.39 is 0 Å². The van der Waals surface area contributed by atoms with Crippen LogP contribution in [0.1, 0.15) is 11.4 Å². The summed E-state index contributed by atoms with van der Waals surface area (Å²) in [7, 11) is 0. The standard InChI is InChI=1S/C13H9BrClFN4/c1-6-7(2)20-12(18-19-13(20)11(15)17-6)9-5-8(14)3-4-10(9)16/h3-5H,1-2H3. The zero-order valence-electron chi connectivity index (χ0n) is 10.7. The van der Waals surface area contributed by atoms with Crippen LogP contribution < -0.4 is 0 Å². The maximum absolute atomic E-state index is 14.0. The van der Waals surface area contributed by atoms with Crippen LogP contribution in [0.3, 0.4) is 0 Å². The molecule has 0 amide bonds. The van der Waals surface area contributed by atoms with E-state index in [1.807, 2.05) is 13.8 Å². The Hall–Kier alpha value is -1.53. The Balaban J connectivity index is 2.41. The molecule has 0 saturated heterocycles. The lowest BCUT2D eigenvalue weighted by molar-refractivity contribution is 0.629. The Bertz CT molecular complexity index is 831. The summed E-state index contributed by atoms with van der Waals surface area (Å²) in [6, 6.07) is 4.68. The highest BCUT2D eigenvalue weighted by Crippen LogP contribution is 2.28. The summed E-state index contributed by atoms with van der Waals surface area (Å²) in [4.78, 5) is 4.19. The minimum absolute atomic E-state index is 0.252. The number of hydrogen-bond donors (Lipinski definition) is 0. The molecule has 7 heteroatoms. The van der Waals surface area contributed by atoms with Crippen LogP contribution in [0.15, 0.2) is 22.7 Å². The zero-order valence-corrected chi connectivity index (χ0v) is 13.0. The minimum atomic E-state index is -0.368. The normalized spacial score (nSPS) is 11.2. The van der Waals surface area contributed by atoms with Crippen LogP contribution in [-0.2, 0) is 0 Å². The van der Waals surface area contributed by atoms with Crippen molar-refractivity contribution < 1.29 is 4.39 Å². The van der Waals surface area contributed by atoms with E-state index in [-0.39, 0.29) is 11.0 Å². The van der Waals surface area contributed by atoms with Gasteiger partial charge in [-0.15, -0.1) is 10.2 Å². The smallest absolute Gasteiger partial charge is 0.199 e. The van der Waals surface area contributed by atoms with Gasteiger partial charge in [0.15, 0.2) is 16.6 Å². The van der Waals surface area contributed by atoms with Gasteiger partial charge >= 0.3 is 0 Å². The van der Waals surface area contributed by atoms with E-state index in [2.05, 4.69) is 31.1 Å². The summed E-state index contributed by atoms with van der Waals surface area (Å²) in [5, 5.41) is 8.31. The van der Waals surface area contributed by atoms with Gasteiger partial charge in [-0.2, -0.15) is 0 Å². The second-order valence-corrected chi connectivity index (χ2v) is 5.65. The monoisotopic (exact) mass is 354 g/mol. The van der Waals surface area contributed by atoms with Crippen LogP contribution in [0, 0.1) is 19.7 Å². The fraction of sp³-hybridized carbons (Fsp3) is 0.154. The van der Waals surface area contributed by atoms with E-state index in [1.54, 1.807) is 16.5 Å². The maximum Gasteiger partial charge on any atom is 0.199 e. The van der Waals surface area contributed by atoms with Crippen molar-refractivity contribution in [3.05, 3.63) is 45.0 Å². The minimum Gasteiger partial charge on any atom is -0.275 e. The number of halogens is 3. The van der Waals surface area contributed by atoms with Gasteiger partial charge in [-0.25, -0.2) is 9.37 Å². The summed E-state index contributed by atoms with van der Waals surface area (Å²) in [5.74, 6) is 0.0381. The number of benzene rings is 1. The highest BCUT2D eigenvalue weighted by Gasteiger charge is 2.18. The van der Waals surface area contributed by atoms with E-state index in [0.29, 0.717) is 17.0 Å². The Morgan fingerprint density at radius 2 is 2.00 bits per heavy atom. The first-order chi connectivity index (χ1) is 9.49. The lowest BCUT2D eigenvalue weighted by atomic mass is 10.2. The van der Waals surface area contributed by atoms with Crippen LogP contribution in [0.4, 0.5) is 4.39 Å². The number of aromatic nitrogens is 4. The van der Waals surface area contributed by atoms with Gasteiger partial charge in [0.05, 0.1) is 11.3 Å². The molecule has 0 bridgehead atoms. The Morgan fingerprint density at radius 1 is 1.25 bits per heavy atom. The molecule has 3 rings (SSSR count). The molecule has 2 heterocycles. The first kappa shape index (κ1) is 13.5. The molecule has 0 aliphatic rings. The van der Waals surface area contributed by atoms with Crippen molar-refractivity contribution >= 4 is 33.2 Å². The summed E-state index contributed by atoms with van der Waals surface area (Å²) in [6.45, 7) is 3.70. The average Bonchev–Trinajstić information content (AvgIpc) is 2.84. The number of aryl methyl sites for hydroxylation is 2. The van der Waals surface area contributed by atoms with Gasteiger partial charge in [-0.1, -0.05) is 27.5 Å². The Labute approximate surface area is 127 Å². The molecule has 0 atom stereocenters. The first-order valence-electron chi connectivity index (χ1n) is 5.82. The molecule has 102 valence electrons. The van der Waals surface area contributed by atoms with E-state index in [0.717, 1.165) is 15.9 Å². The maximum atomic E-state index is 14.0. The fourth-order valence-corrected chi connectivity index (χ4v) is 2.63. The van der Waals surface area contributed by atoms with Crippen molar-refractivity contribution in [3.63, 3.8) is 0 Å². The molecule has 0 spiro atoms. The molecule has 1 aromatic carbocycles. The number of fused-ring (bicyclic) bond motifs is 1. The van der Waals surface area contributed by atoms with Crippen molar-refractivity contribution in [2.24, 2.45) is 0 Å². The van der Waals surface area contributed by atoms with E-state index >= 15 is 0 Å². The van der Waals surface area contributed by atoms with Gasteiger partial charge in [-0.05, 0) is 32.0 Å². The molecule has 0 N–H and O–H groups in total. The highest BCUT2D eigenvalue weighted by molar-refractivity contribution is 9.10. The van der Waals surface area contributed by atoms with Gasteiger partial charge in [-0.3, -0.25) is 4.40 Å². The zero-order chi connectivity index (χ0) is 14.4. The third kappa shape index (κ3) is 1.99. The van der Waals surface area contributed by atoms with E-state index in [4.69, 9.17) is 11.6 Å². The summed E-state index contributed by atoms with van der Waals surface area (Å²) >= 11 is 9.40. The lowest BCUT2D eigenvalue weighted by Gasteiger charge is -2.08. The quantitative estimate of drug-likeness (QED) is 0.663. The molecule has 0 aliphatic carbocycles. The van der Waals surface area contributed by atoms with E-state index in [1.165, 1.54) is 6.07 Å². The summed E-state index contributed by atoms with van der Waals surface area (Å²) in [5.41, 5.74) is 2.35. The largest absolute Gasteiger partial charge is 0.275 e. The van der Waals surface area contributed by atoms with Gasteiger partial charge in [0, 0.05) is 10.2 Å². The second-order valence-electron chi connectivity index (χ2n) is 4.38. The fourth-order valence-electron chi connectivity index (χ4n) is 2.02. The van der Waals surface area contributed by atoms with Crippen molar-refractivity contribution in [3.8, 4) is 11.4 Å². The van der Waals surface area contributed by atoms with Gasteiger partial charge < -0.3 is 0 Å². The summed E-state index contributed by atoms with van der Waals surface area (Å²) in [6.07, 6.45) is 0. The second kappa shape index (κ2) is 4.79. The first-order valence-corrected chi connectivity index (χ1v) is 6.99. The Kier molecular flexibility index (Phi) is 3.22. The molecule has 0 radical (unpaired) electrons. The van der Waals surface area contributed by atoms with Gasteiger partial charge in [0.2, 0.25) is 0 Å². The summed E-state index contributed by atoms with van der Waals surface area (Å²) < 4.78 is 16.5. The molecule has 20 heavy (non-hydrogen) atoms. The van der Waals surface area contributed by atoms with Crippen molar-refractivity contribution in [1.82, 2.24) is 19.6 Å². The highest BCUT2D eigenvalue weighted by atomic mass is 79.9. The molecule has 3 aromatic rings. The average molecular weight is 356 g/mol. The molecule has 4 nitrogen and oxygen atoms in total. The SMILES string of the molecule is Cc1nc(Cl)c2nnc(-c3cc(Br)ccc3F)n2c1C. The Morgan fingerprint density at radius 3 is 2.75 bits per heavy atom. The number of rotatable bonds is 1. The number of nitrogens with zero attached hydrogens (tertiary/aromatic N) is 4. The van der Waals surface area contributed by atoms with Crippen molar-refractivity contribution in [2.45, 2.75) is 13.8 Å². The van der Waals surface area contributed by atoms with Gasteiger partial charge in [0.1, 0.15) is 5.82 Å². The van der Waals surface area contributed by atoms with Crippen molar-refractivity contribution in [1.29, 1.82) is 0 Å². The van der Waals surface area contributed by atoms with Crippen molar-refractivity contribution in [2.75, 3.05) is 0 Å². The molecule has 2 aromatic heterocycles. The third-order valence-electron chi connectivity index (χ3n) is 3.14. The molecule has 0 saturated carbocycles. The lowest BCUT2D eigenvalue weighted by Crippen LogP contribution is -2.01. The van der Waals surface area contributed by atoms with Gasteiger partial charge in [0.25, 0.3) is 0 Å². The predicted molar refractivity (Wildman–Crippen MR) is 78.4 cm³/mol. The van der Waals surface area contributed by atoms with E-state index in [9.17, 15) is 4.39 Å². The molecular weight excluding hydrogens is 347 g/mol. The molecule has 0 aliphatic heterocycles. The van der Waals surface area contributed by atoms with Crippen LogP contribution in [0.5, 0.6) is 0 Å². The molecule has 0 unspecified atom stereocenters. The predicted octanol–water partition coefficient (Wildman–Crippen LogP) is 3.96. The van der Waals surface area contributed by atoms with Crippen LogP contribution in [0.25, 0.3) is 17.0 Å². The van der Waals surface area contributed by atoms with Crippen LogP contribution >= 0.6 is 27.5 Å². The third-order valence-corrected chi connectivity index (χ3v) is 3.89. The molecule has 0 fully saturated rings. The van der Waals surface area contributed by atoms with Crippen LogP contribution in [-0.4, -0.2) is 19.6 Å². The molecular formula is C13H9BrClFN4.